The molecule has 6 heteroatoms. The van der Waals surface area contributed by atoms with Gasteiger partial charge in [-0.2, -0.15) is 0 Å². The van der Waals surface area contributed by atoms with Crippen LogP contribution >= 0.6 is 11.3 Å². The van der Waals surface area contributed by atoms with Gasteiger partial charge in [-0.05, 0) is 31.5 Å². The molecule has 0 amide bonds. The highest BCUT2D eigenvalue weighted by molar-refractivity contribution is 7.09. The fraction of sp³-hybridized carbons (Fsp3) is 0.238. The van der Waals surface area contributed by atoms with Crippen molar-refractivity contribution in [3.8, 4) is 17.2 Å². The minimum atomic E-state index is 0.643. The number of ether oxygens (including phenoxy) is 1. The van der Waals surface area contributed by atoms with Gasteiger partial charge in [0.2, 0.25) is 5.89 Å². The number of oxazole rings is 1. The molecule has 0 N–H and O–H groups in total. The molecule has 0 fully saturated rings. The standard InChI is InChI=1S/C21H21N3O2S/c1-14-18(12-24(2)13-20-22-10-11-27-20)23-21(26-14)17-8-9-19(25-3)16-7-5-4-6-15(16)17/h4-11H,12-13H2,1-3H3. The third kappa shape index (κ3) is 3.59. The molecule has 138 valence electrons. The van der Waals surface area contributed by atoms with Crippen molar-refractivity contribution in [3.05, 3.63) is 64.4 Å². The molecule has 2 aromatic heterocycles. The first-order valence-electron chi connectivity index (χ1n) is 8.75. The van der Waals surface area contributed by atoms with Crippen molar-refractivity contribution in [3.63, 3.8) is 0 Å². The van der Waals surface area contributed by atoms with Gasteiger partial charge in [0.1, 0.15) is 16.5 Å². The van der Waals surface area contributed by atoms with E-state index in [1.165, 1.54) is 0 Å². The van der Waals surface area contributed by atoms with Gasteiger partial charge in [-0.25, -0.2) is 9.97 Å². The lowest BCUT2D eigenvalue weighted by molar-refractivity contribution is 0.313. The summed E-state index contributed by atoms with van der Waals surface area (Å²) >= 11 is 1.66. The number of nitrogens with zero attached hydrogens (tertiary/aromatic N) is 3. The van der Waals surface area contributed by atoms with E-state index in [1.54, 1.807) is 18.4 Å². The summed E-state index contributed by atoms with van der Waals surface area (Å²) in [6, 6.07) is 12.1. The van der Waals surface area contributed by atoms with E-state index in [0.717, 1.165) is 45.1 Å². The van der Waals surface area contributed by atoms with Crippen molar-refractivity contribution in [2.75, 3.05) is 14.2 Å². The lowest BCUT2D eigenvalue weighted by atomic mass is 10.0. The molecule has 4 aromatic rings. The number of hydrogen-bond acceptors (Lipinski definition) is 6. The summed E-state index contributed by atoms with van der Waals surface area (Å²) < 4.78 is 11.5. The average molecular weight is 379 g/mol. The summed E-state index contributed by atoms with van der Waals surface area (Å²) in [5, 5.41) is 5.22. The summed E-state index contributed by atoms with van der Waals surface area (Å²) in [7, 11) is 3.76. The number of rotatable bonds is 6. The Labute approximate surface area is 162 Å². The van der Waals surface area contributed by atoms with Gasteiger partial charge in [0.25, 0.3) is 0 Å². The van der Waals surface area contributed by atoms with Crippen molar-refractivity contribution in [1.82, 2.24) is 14.9 Å². The lowest BCUT2D eigenvalue weighted by Gasteiger charge is -2.13. The largest absolute Gasteiger partial charge is 0.496 e. The number of methoxy groups -OCH3 is 1. The van der Waals surface area contributed by atoms with Gasteiger partial charge < -0.3 is 9.15 Å². The summed E-state index contributed by atoms with van der Waals surface area (Å²) in [5.41, 5.74) is 1.92. The number of aryl methyl sites for hydroxylation is 1. The van der Waals surface area contributed by atoms with Crippen molar-refractivity contribution < 1.29 is 9.15 Å². The van der Waals surface area contributed by atoms with Crippen molar-refractivity contribution in [2.45, 2.75) is 20.0 Å². The first-order chi connectivity index (χ1) is 13.2. The van der Waals surface area contributed by atoms with Gasteiger partial charge in [-0.1, -0.05) is 24.3 Å². The zero-order valence-electron chi connectivity index (χ0n) is 15.6. The minimum absolute atomic E-state index is 0.643. The molecule has 0 spiro atoms. The van der Waals surface area contributed by atoms with Crippen LogP contribution in [0.15, 0.2) is 52.4 Å². The Morgan fingerprint density at radius 2 is 1.93 bits per heavy atom. The van der Waals surface area contributed by atoms with E-state index in [-0.39, 0.29) is 0 Å². The molecule has 0 aliphatic carbocycles. The summed E-state index contributed by atoms with van der Waals surface area (Å²) in [4.78, 5) is 11.3. The van der Waals surface area contributed by atoms with Gasteiger partial charge in [0, 0.05) is 29.1 Å². The average Bonchev–Trinajstić information content (AvgIpc) is 3.31. The van der Waals surface area contributed by atoms with Crippen molar-refractivity contribution in [1.29, 1.82) is 0 Å². The zero-order valence-corrected chi connectivity index (χ0v) is 16.4. The summed E-state index contributed by atoms with van der Waals surface area (Å²) in [6.07, 6.45) is 1.84. The first kappa shape index (κ1) is 17.7. The summed E-state index contributed by atoms with van der Waals surface area (Å²) in [5.74, 6) is 2.33. The van der Waals surface area contributed by atoms with Crippen LogP contribution < -0.4 is 4.74 Å². The van der Waals surface area contributed by atoms with Gasteiger partial charge in [-0.15, -0.1) is 11.3 Å². The SMILES string of the molecule is COc1ccc(-c2nc(CN(C)Cc3nccs3)c(C)o2)c2ccccc12. The maximum atomic E-state index is 6.03. The molecule has 0 saturated heterocycles. The molecule has 0 radical (unpaired) electrons. The predicted octanol–water partition coefficient (Wildman–Crippen LogP) is 4.90. The number of aromatic nitrogens is 2. The molecule has 0 atom stereocenters. The van der Waals surface area contributed by atoms with Crippen LogP contribution in [0.1, 0.15) is 16.5 Å². The predicted molar refractivity (Wildman–Crippen MR) is 108 cm³/mol. The quantitative estimate of drug-likeness (QED) is 0.477. The van der Waals surface area contributed by atoms with E-state index < -0.39 is 0 Å². The molecule has 2 aromatic carbocycles. The van der Waals surface area contributed by atoms with Crippen LogP contribution in [-0.2, 0) is 13.1 Å². The molecule has 0 aliphatic rings. The van der Waals surface area contributed by atoms with E-state index in [2.05, 4.69) is 29.1 Å². The fourth-order valence-corrected chi connectivity index (χ4v) is 3.89. The Morgan fingerprint density at radius 1 is 1.11 bits per heavy atom. The molecular weight excluding hydrogens is 358 g/mol. The Kier molecular flexibility index (Phi) is 4.92. The van der Waals surface area contributed by atoms with Crippen LogP contribution in [0.3, 0.4) is 0 Å². The highest BCUT2D eigenvalue weighted by atomic mass is 32.1. The van der Waals surface area contributed by atoms with Gasteiger partial charge >= 0.3 is 0 Å². The number of hydrogen-bond donors (Lipinski definition) is 0. The van der Waals surface area contributed by atoms with E-state index in [0.29, 0.717) is 12.4 Å². The highest BCUT2D eigenvalue weighted by Crippen LogP contribution is 2.34. The molecule has 0 bridgehead atoms. The number of fused-ring (bicyclic) bond motifs is 1. The molecule has 27 heavy (non-hydrogen) atoms. The normalized spacial score (nSPS) is 11.4. The number of benzene rings is 2. The fourth-order valence-electron chi connectivity index (χ4n) is 3.20. The second-order valence-electron chi connectivity index (χ2n) is 6.48. The third-order valence-electron chi connectivity index (χ3n) is 4.54. The monoisotopic (exact) mass is 379 g/mol. The maximum absolute atomic E-state index is 6.03. The van der Waals surface area contributed by atoms with Gasteiger partial charge in [-0.3, -0.25) is 4.90 Å². The smallest absolute Gasteiger partial charge is 0.227 e. The van der Waals surface area contributed by atoms with Crippen LogP contribution in [-0.4, -0.2) is 29.0 Å². The Hall–Kier alpha value is -2.70. The molecule has 0 unspecified atom stereocenters. The second-order valence-corrected chi connectivity index (χ2v) is 7.46. The molecule has 5 nitrogen and oxygen atoms in total. The highest BCUT2D eigenvalue weighted by Gasteiger charge is 2.16. The topological polar surface area (TPSA) is 51.4 Å². The van der Waals surface area contributed by atoms with E-state index in [1.807, 2.05) is 42.8 Å². The van der Waals surface area contributed by atoms with Crippen molar-refractivity contribution in [2.24, 2.45) is 0 Å². The van der Waals surface area contributed by atoms with Crippen LogP contribution in [0.25, 0.3) is 22.2 Å². The minimum Gasteiger partial charge on any atom is -0.496 e. The molecule has 0 saturated carbocycles. The zero-order chi connectivity index (χ0) is 18.8. The van der Waals surface area contributed by atoms with E-state index >= 15 is 0 Å². The second kappa shape index (κ2) is 7.50. The van der Waals surface area contributed by atoms with Gasteiger partial charge in [0.15, 0.2) is 0 Å². The third-order valence-corrected chi connectivity index (χ3v) is 5.30. The molecular formula is C21H21N3O2S. The molecule has 2 heterocycles. The Balaban J connectivity index is 1.64. The number of thiazole rings is 1. The lowest BCUT2D eigenvalue weighted by Crippen LogP contribution is -2.17. The van der Waals surface area contributed by atoms with Gasteiger partial charge in [0.05, 0.1) is 19.3 Å². The van der Waals surface area contributed by atoms with Crippen LogP contribution in [0.2, 0.25) is 0 Å². The van der Waals surface area contributed by atoms with Crippen LogP contribution in [0.4, 0.5) is 0 Å². The first-order valence-corrected chi connectivity index (χ1v) is 9.63. The van der Waals surface area contributed by atoms with E-state index in [9.17, 15) is 0 Å². The molecule has 4 rings (SSSR count). The van der Waals surface area contributed by atoms with E-state index in [4.69, 9.17) is 14.1 Å². The van der Waals surface area contributed by atoms with Crippen LogP contribution in [0.5, 0.6) is 5.75 Å². The molecule has 0 aliphatic heterocycles. The Bertz CT molecular complexity index is 1060. The van der Waals surface area contributed by atoms with Crippen molar-refractivity contribution >= 4 is 22.1 Å². The van der Waals surface area contributed by atoms with Crippen LogP contribution in [0, 0.1) is 6.92 Å². The summed E-state index contributed by atoms with van der Waals surface area (Å²) in [6.45, 7) is 3.47. The Morgan fingerprint density at radius 3 is 2.67 bits per heavy atom. The maximum Gasteiger partial charge on any atom is 0.227 e.